The lowest BCUT2D eigenvalue weighted by molar-refractivity contribution is -0.120. The van der Waals surface area contributed by atoms with Crippen LogP contribution in [-0.2, 0) is 4.79 Å². The third-order valence-electron chi connectivity index (χ3n) is 2.47. The van der Waals surface area contributed by atoms with Crippen LogP contribution in [0.1, 0.15) is 30.3 Å². The Morgan fingerprint density at radius 3 is 2.79 bits per heavy atom. The Balaban J connectivity index is 2.41. The zero-order valence-corrected chi connectivity index (χ0v) is 11.3. The molecule has 0 aromatic carbocycles. The number of carbonyl (C=O) groups excluding carboxylic acids is 2. The van der Waals surface area contributed by atoms with Gasteiger partial charge < -0.3 is 16.0 Å². The number of aromatic nitrogens is 1. The monoisotopic (exact) mass is 264 g/mol. The number of nitrogens with one attached hydrogen (secondary N) is 3. The smallest absolute Gasteiger partial charge is 0.269 e. The van der Waals surface area contributed by atoms with Crippen molar-refractivity contribution in [3.63, 3.8) is 0 Å². The Morgan fingerprint density at radius 1 is 1.32 bits per heavy atom. The molecule has 0 atom stereocenters. The second kappa shape index (κ2) is 8.07. The van der Waals surface area contributed by atoms with Crippen molar-refractivity contribution in [3.05, 3.63) is 24.0 Å². The van der Waals surface area contributed by atoms with Crippen molar-refractivity contribution in [2.24, 2.45) is 0 Å². The van der Waals surface area contributed by atoms with Gasteiger partial charge in [0.1, 0.15) is 5.69 Å². The molecule has 104 valence electrons. The molecule has 0 saturated heterocycles. The summed E-state index contributed by atoms with van der Waals surface area (Å²) in [6.45, 7) is 3.23. The maximum absolute atomic E-state index is 11.4. The van der Waals surface area contributed by atoms with Crippen LogP contribution in [0.4, 0.5) is 5.69 Å². The first-order valence-electron chi connectivity index (χ1n) is 6.36. The molecule has 0 bridgehead atoms. The Kier molecular flexibility index (Phi) is 6.35. The summed E-state index contributed by atoms with van der Waals surface area (Å²) >= 11 is 0. The van der Waals surface area contributed by atoms with Crippen LogP contribution in [0.15, 0.2) is 18.3 Å². The van der Waals surface area contributed by atoms with Gasteiger partial charge in [0.15, 0.2) is 0 Å². The van der Waals surface area contributed by atoms with E-state index in [1.807, 2.05) is 6.92 Å². The average molecular weight is 264 g/mol. The molecule has 1 heterocycles. The maximum atomic E-state index is 11.4. The summed E-state index contributed by atoms with van der Waals surface area (Å²) < 4.78 is 0. The first kappa shape index (κ1) is 14.9. The van der Waals surface area contributed by atoms with E-state index >= 15 is 0 Å². The number of hydrogen-bond donors (Lipinski definition) is 3. The van der Waals surface area contributed by atoms with Crippen LogP contribution in [0.5, 0.6) is 0 Å². The fourth-order valence-corrected chi connectivity index (χ4v) is 1.47. The third kappa shape index (κ3) is 5.37. The van der Waals surface area contributed by atoms with Crippen molar-refractivity contribution in [3.8, 4) is 0 Å². The Hall–Kier alpha value is -2.11. The van der Waals surface area contributed by atoms with Crippen molar-refractivity contribution in [2.75, 3.05) is 25.5 Å². The Morgan fingerprint density at radius 2 is 2.11 bits per heavy atom. The summed E-state index contributed by atoms with van der Waals surface area (Å²) in [4.78, 5) is 26.7. The second-order valence-corrected chi connectivity index (χ2v) is 4.04. The molecule has 0 radical (unpaired) electrons. The van der Waals surface area contributed by atoms with Crippen LogP contribution >= 0.6 is 0 Å². The molecule has 2 amide bonds. The Bertz CT molecular complexity index is 434. The largest absolute Gasteiger partial charge is 0.384 e. The number of carbonyl (C=O) groups is 2. The number of hydrogen-bond acceptors (Lipinski definition) is 4. The minimum Gasteiger partial charge on any atom is -0.384 e. The molecule has 1 aromatic heterocycles. The quantitative estimate of drug-likeness (QED) is 0.679. The lowest BCUT2D eigenvalue weighted by Gasteiger charge is -2.07. The van der Waals surface area contributed by atoms with Crippen molar-refractivity contribution in [1.29, 1.82) is 0 Å². The number of nitrogens with zero attached hydrogens (tertiary/aromatic N) is 1. The van der Waals surface area contributed by atoms with Gasteiger partial charge in [-0.25, -0.2) is 0 Å². The topological polar surface area (TPSA) is 83.1 Å². The fraction of sp³-hybridized carbons (Fsp3) is 0.462. The molecule has 6 nitrogen and oxygen atoms in total. The lowest BCUT2D eigenvalue weighted by atomic mass is 10.3. The summed E-state index contributed by atoms with van der Waals surface area (Å²) in [5.41, 5.74) is 1.12. The summed E-state index contributed by atoms with van der Waals surface area (Å²) in [5, 5.41) is 8.41. The lowest BCUT2D eigenvalue weighted by Crippen LogP contribution is -2.26. The molecule has 1 rings (SSSR count). The van der Waals surface area contributed by atoms with Crippen molar-refractivity contribution < 1.29 is 9.59 Å². The summed E-state index contributed by atoms with van der Waals surface area (Å²) in [5.74, 6) is -0.209. The average Bonchev–Trinajstić information content (AvgIpc) is 2.44. The SMILES string of the molecule is CCCNC(=O)CCNc1ccnc(C(=O)NC)c1. The van der Waals surface area contributed by atoms with E-state index in [1.54, 1.807) is 25.4 Å². The van der Waals surface area contributed by atoms with Gasteiger partial charge in [-0.05, 0) is 18.6 Å². The van der Waals surface area contributed by atoms with Crippen molar-refractivity contribution >= 4 is 17.5 Å². The van der Waals surface area contributed by atoms with Gasteiger partial charge in [0.05, 0.1) is 0 Å². The van der Waals surface area contributed by atoms with Gasteiger partial charge in [-0.2, -0.15) is 0 Å². The molecule has 6 heteroatoms. The van der Waals surface area contributed by atoms with Gasteiger partial charge >= 0.3 is 0 Å². The summed E-state index contributed by atoms with van der Waals surface area (Å²) in [7, 11) is 1.56. The van der Waals surface area contributed by atoms with Crippen LogP contribution in [0.2, 0.25) is 0 Å². The van der Waals surface area contributed by atoms with E-state index in [4.69, 9.17) is 0 Å². The first-order valence-corrected chi connectivity index (χ1v) is 6.36. The second-order valence-electron chi connectivity index (χ2n) is 4.04. The fourth-order valence-electron chi connectivity index (χ4n) is 1.47. The van der Waals surface area contributed by atoms with Gasteiger partial charge in [0.25, 0.3) is 5.91 Å². The molecule has 0 aliphatic carbocycles. The molecule has 0 aliphatic heterocycles. The number of anilines is 1. The minimum absolute atomic E-state index is 0.0231. The Labute approximate surface area is 113 Å². The van der Waals surface area contributed by atoms with E-state index in [9.17, 15) is 9.59 Å². The molecular weight excluding hydrogens is 244 g/mol. The predicted molar refractivity (Wildman–Crippen MR) is 74.0 cm³/mol. The normalized spacial score (nSPS) is 9.79. The molecule has 0 fully saturated rings. The highest BCUT2D eigenvalue weighted by Crippen LogP contribution is 2.07. The number of rotatable bonds is 7. The van der Waals surface area contributed by atoms with E-state index < -0.39 is 0 Å². The highest BCUT2D eigenvalue weighted by molar-refractivity contribution is 5.92. The maximum Gasteiger partial charge on any atom is 0.269 e. The highest BCUT2D eigenvalue weighted by atomic mass is 16.2. The van der Waals surface area contributed by atoms with Gasteiger partial charge in [-0.15, -0.1) is 0 Å². The molecule has 3 N–H and O–H groups in total. The molecule has 0 saturated carbocycles. The predicted octanol–water partition coefficient (Wildman–Crippen LogP) is 0.769. The van der Waals surface area contributed by atoms with Crippen LogP contribution in [0, 0.1) is 0 Å². The highest BCUT2D eigenvalue weighted by Gasteiger charge is 2.05. The first-order chi connectivity index (χ1) is 9.17. The summed E-state index contributed by atoms with van der Waals surface area (Å²) in [6, 6.07) is 3.42. The molecule has 19 heavy (non-hydrogen) atoms. The van der Waals surface area contributed by atoms with Crippen LogP contribution < -0.4 is 16.0 Å². The molecule has 0 aliphatic rings. The molecular formula is C13H20N4O2. The van der Waals surface area contributed by atoms with Crippen LogP contribution in [0.25, 0.3) is 0 Å². The van der Waals surface area contributed by atoms with E-state index in [0.717, 1.165) is 12.1 Å². The summed E-state index contributed by atoms with van der Waals surface area (Å²) in [6.07, 6.45) is 2.89. The zero-order chi connectivity index (χ0) is 14.1. The standard InChI is InChI=1S/C13H20N4O2/c1-3-6-17-12(18)5-8-15-10-4-7-16-11(9-10)13(19)14-2/h4,7,9H,3,5-6,8H2,1-2H3,(H,14,19)(H,15,16)(H,17,18). The van der Waals surface area contributed by atoms with Gasteiger partial charge in [-0.1, -0.05) is 6.92 Å². The van der Waals surface area contributed by atoms with E-state index in [1.165, 1.54) is 0 Å². The van der Waals surface area contributed by atoms with E-state index in [0.29, 0.717) is 25.2 Å². The van der Waals surface area contributed by atoms with Gasteiger partial charge in [-0.3, -0.25) is 14.6 Å². The van der Waals surface area contributed by atoms with E-state index in [2.05, 4.69) is 20.9 Å². The van der Waals surface area contributed by atoms with Crippen LogP contribution in [-0.4, -0.2) is 36.9 Å². The molecule has 0 spiro atoms. The third-order valence-corrected chi connectivity index (χ3v) is 2.47. The number of pyridine rings is 1. The molecule has 0 unspecified atom stereocenters. The zero-order valence-electron chi connectivity index (χ0n) is 11.3. The van der Waals surface area contributed by atoms with Crippen LogP contribution in [0.3, 0.4) is 0 Å². The number of amides is 2. The van der Waals surface area contributed by atoms with Gasteiger partial charge in [0, 0.05) is 38.4 Å². The van der Waals surface area contributed by atoms with Crippen molar-refractivity contribution in [1.82, 2.24) is 15.6 Å². The van der Waals surface area contributed by atoms with E-state index in [-0.39, 0.29) is 11.8 Å². The minimum atomic E-state index is -0.232. The van der Waals surface area contributed by atoms with Gasteiger partial charge in [0.2, 0.25) is 5.91 Å². The molecule has 1 aromatic rings. The van der Waals surface area contributed by atoms with Crippen molar-refractivity contribution in [2.45, 2.75) is 19.8 Å².